The Morgan fingerprint density at radius 3 is 2.56 bits per heavy atom. The third-order valence-electron chi connectivity index (χ3n) is 4.09. The quantitative estimate of drug-likeness (QED) is 0.673. The van der Waals surface area contributed by atoms with E-state index in [2.05, 4.69) is 0 Å². The van der Waals surface area contributed by atoms with Crippen molar-refractivity contribution in [1.82, 2.24) is 0 Å². The summed E-state index contributed by atoms with van der Waals surface area (Å²) < 4.78 is 46.7. The van der Waals surface area contributed by atoms with Crippen LogP contribution in [0.5, 0.6) is 5.75 Å². The normalized spacial score (nSPS) is 19.1. The summed E-state index contributed by atoms with van der Waals surface area (Å²) in [5, 5.41) is 0. The first kappa shape index (κ1) is 19.8. The third-order valence-corrected chi connectivity index (χ3v) is 5.37. The molecule has 2 aromatic carbocycles. The Hall–Kier alpha value is -1.93. The first-order valence-corrected chi connectivity index (χ1v) is 10.1. The average molecular weight is 392 g/mol. The molecule has 2 aromatic rings. The molecule has 1 aliphatic heterocycles. The molecule has 146 valence electrons. The van der Waals surface area contributed by atoms with Crippen LogP contribution in [0.2, 0.25) is 0 Å². The van der Waals surface area contributed by atoms with Gasteiger partial charge in [-0.05, 0) is 50.6 Å². The fourth-order valence-corrected chi connectivity index (χ4v) is 3.57. The Morgan fingerprint density at radius 2 is 1.89 bits per heavy atom. The van der Waals surface area contributed by atoms with Gasteiger partial charge in [-0.1, -0.05) is 29.8 Å². The zero-order chi connectivity index (χ0) is 19.5. The maximum absolute atomic E-state index is 12.3. The molecule has 1 atom stereocenters. The van der Waals surface area contributed by atoms with E-state index in [1.165, 1.54) is 12.1 Å². The second-order valence-corrected chi connectivity index (χ2v) is 8.55. The van der Waals surface area contributed by atoms with Crippen LogP contribution in [-0.2, 0) is 30.4 Å². The summed E-state index contributed by atoms with van der Waals surface area (Å²) in [6.45, 7) is 6.38. The molecule has 27 heavy (non-hydrogen) atoms. The van der Waals surface area contributed by atoms with Crippen molar-refractivity contribution in [3.05, 3.63) is 59.7 Å². The van der Waals surface area contributed by atoms with Gasteiger partial charge in [0.2, 0.25) is 0 Å². The average Bonchev–Trinajstić information content (AvgIpc) is 2.98. The molecular formula is C20H24O6S. The van der Waals surface area contributed by atoms with Crippen molar-refractivity contribution in [1.29, 1.82) is 0 Å². The minimum Gasteiger partial charge on any atom is -0.491 e. The molecule has 1 fully saturated rings. The summed E-state index contributed by atoms with van der Waals surface area (Å²) in [5.74, 6) is 0.0331. The van der Waals surface area contributed by atoms with Crippen molar-refractivity contribution in [2.75, 3.05) is 13.2 Å². The van der Waals surface area contributed by atoms with Crippen LogP contribution in [0, 0.1) is 6.92 Å². The molecule has 0 N–H and O–H groups in total. The van der Waals surface area contributed by atoms with E-state index in [1.807, 2.05) is 20.8 Å². The Kier molecular flexibility index (Phi) is 5.86. The van der Waals surface area contributed by atoms with Crippen LogP contribution >= 0.6 is 0 Å². The zero-order valence-corrected chi connectivity index (χ0v) is 16.5. The molecule has 1 aliphatic rings. The Morgan fingerprint density at radius 1 is 1.15 bits per heavy atom. The molecule has 1 saturated heterocycles. The van der Waals surface area contributed by atoms with Gasteiger partial charge in [0.1, 0.15) is 18.5 Å². The molecule has 0 aliphatic carbocycles. The minimum atomic E-state index is -3.80. The van der Waals surface area contributed by atoms with Crippen molar-refractivity contribution in [3.8, 4) is 5.75 Å². The standard InChI is InChI=1S/C20H24O6S/c1-15-7-9-19(10-8-15)27(21,22)25-12-16-5-4-6-17(11-16)23-13-18-14-24-20(2,3)26-18/h4-11,18H,12-14H2,1-3H3. The number of rotatable bonds is 7. The van der Waals surface area contributed by atoms with Gasteiger partial charge < -0.3 is 14.2 Å². The van der Waals surface area contributed by atoms with Gasteiger partial charge in [0.15, 0.2) is 5.79 Å². The van der Waals surface area contributed by atoms with E-state index in [1.54, 1.807) is 36.4 Å². The smallest absolute Gasteiger partial charge is 0.297 e. The number of benzene rings is 2. The van der Waals surface area contributed by atoms with Crippen molar-refractivity contribution in [2.24, 2.45) is 0 Å². The predicted molar refractivity (Wildman–Crippen MR) is 100.0 cm³/mol. The first-order valence-electron chi connectivity index (χ1n) is 8.73. The van der Waals surface area contributed by atoms with Crippen molar-refractivity contribution >= 4 is 10.1 Å². The molecule has 7 heteroatoms. The number of aryl methyl sites for hydroxylation is 1. The molecule has 0 spiro atoms. The monoisotopic (exact) mass is 392 g/mol. The fourth-order valence-electron chi connectivity index (χ4n) is 2.68. The maximum atomic E-state index is 12.3. The summed E-state index contributed by atoms with van der Waals surface area (Å²) in [7, 11) is -3.80. The van der Waals surface area contributed by atoms with E-state index in [4.69, 9.17) is 18.4 Å². The van der Waals surface area contributed by atoms with Crippen molar-refractivity contribution in [2.45, 2.75) is 44.2 Å². The molecule has 0 aromatic heterocycles. The van der Waals surface area contributed by atoms with Crippen LogP contribution in [0.3, 0.4) is 0 Å². The number of hydrogen-bond acceptors (Lipinski definition) is 6. The van der Waals surface area contributed by atoms with Crippen LogP contribution in [0.15, 0.2) is 53.4 Å². The number of hydrogen-bond donors (Lipinski definition) is 0. The number of ether oxygens (including phenoxy) is 3. The Bertz CT molecular complexity index is 874. The van der Waals surface area contributed by atoms with Crippen LogP contribution in [0.4, 0.5) is 0 Å². The van der Waals surface area contributed by atoms with Crippen molar-refractivity contribution in [3.63, 3.8) is 0 Å². The highest BCUT2D eigenvalue weighted by molar-refractivity contribution is 7.86. The summed E-state index contributed by atoms with van der Waals surface area (Å²) in [6, 6.07) is 13.7. The summed E-state index contributed by atoms with van der Waals surface area (Å²) in [4.78, 5) is 0.140. The van der Waals surface area contributed by atoms with Gasteiger partial charge in [-0.15, -0.1) is 0 Å². The highest BCUT2D eigenvalue weighted by Gasteiger charge is 2.32. The molecule has 1 unspecified atom stereocenters. The van der Waals surface area contributed by atoms with E-state index in [-0.39, 0.29) is 17.6 Å². The highest BCUT2D eigenvalue weighted by atomic mass is 32.2. The zero-order valence-electron chi connectivity index (χ0n) is 15.7. The van der Waals surface area contributed by atoms with Gasteiger partial charge in [0.25, 0.3) is 10.1 Å². The van der Waals surface area contributed by atoms with Crippen LogP contribution in [0.25, 0.3) is 0 Å². The molecule has 0 saturated carbocycles. The molecule has 1 heterocycles. The fraction of sp³-hybridized carbons (Fsp3) is 0.400. The molecule has 0 radical (unpaired) electrons. The first-order chi connectivity index (χ1) is 12.7. The summed E-state index contributed by atoms with van der Waals surface area (Å²) >= 11 is 0. The lowest BCUT2D eigenvalue weighted by molar-refractivity contribution is -0.141. The molecule has 6 nitrogen and oxygen atoms in total. The lowest BCUT2D eigenvalue weighted by atomic mass is 10.2. The van der Waals surface area contributed by atoms with E-state index in [9.17, 15) is 8.42 Å². The Labute approximate surface area is 160 Å². The van der Waals surface area contributed by atoms with Gasteiger partial charge in [-0.2, -0.15) is 8.42 Å². The lowest BCUT2D eigenvalue weighted by Gasteiger charge is -2.17. The maximum Gasteiger partial charge on any atom is 0.297 e. The summed E-state index contributed by atoms with van der Waals surface area (Å²) in [6.07, 6.45) is -0.137. The van der Waals surface area contributed by atoms with Gasteiger partial charge >= 0.3 is 0 Å². The van der Waals surface area contributed by atoms with E-state index < -0.39 is 15.9 Å². The predicted octanol–water partition coefficient (Wildman–Crippen LogP) is 3.43. The summed E-state index contributed by atoms with van der Waals surface area (Å²) in [5.41, 5.74) is 1.69. The third kappa shape index (κ3) is 5.52. The topological polar surface area (TPSA) is 71.1 Å². The molecule has 0 bridgehead atoms. The van der Waals surface area contributed by atoms with Crippen molar-refractivity contribution < 1.29 is 26.8 Å². The molecular weight excluding hydrogens is 368 g/mol. The van der Waals surface area contributed by atoms with Crippen LogP contribution in [0.1, 0.15) is 25.0 Å². The lowest BCUT2D eigenvalue weighted by Crippen LogP contribution is -2.25. The van der Waals surface area contributed by atoms with Crippen LogP contribution in [-0.4, -0.2) is 33.5 Å². The van der Waals surface area contributed by atoms with Gasteiger partial charge in [0, 0.05) is 0 Å². The second kappa shape index (κ2) is 7.98. The molecule has 3 rings (SSSR count). The van der Waals surface area contributed by atoms with Gasteiger partial charge in [0.05, 0.1) is 18.1 Å². The second-order valence-electron chi connectivity index (χ2n) is 6.94. The van der Waals surface area contributed by atoms with E-state index in [0.717, 1.165) is 5.56 Å². The van der Waals surface area contributed by atoms with Crippen LogP contribution < -0.4 is 4.74 Å². The highest BCUT2D eigenvalue weighted by Crippen LogP contribution is 2.23. The Balaban J connectivity index is 1.56. The largest absolute Gasteiger partial charge is 0.491 e. The minimum absolute atomic E-state index is 0.0660. The van der Waals surface area contributed by atoms with E-state index >= 15 is 0 Å². The SMILES string of the molecule is Cc1ccc(S(=O)(=O)OCc2cccc(OCC3COC(C)(C)O3)c2)cc1. The van der Waals surface area contributed by atoms with E-state index in [0.29, 0.717) is 24.5 Å². The van der Waals surface area contributed by atoms with Gasteiger partial charge in [-0.3, -0.25) is 4.18 Å². The molecule has 0 amide bonds. The van der Waals surface area contributed by atoms with Gasteiger partial charge in [-0.25, -0.2) is 0 Å².